The highest BCUT2D eigenvalue weighted by molar-refractivity contribution is 5.68. The Morgan fingerprint density at radius 3 is 2.19 bits per heavy atom. The fourth-order valence-electron chi connectivity index (χ4n) is 2.84. The summed E-state index contributed by atoms with van der Waals surface area (Å²) in [6, 6.07) is 1.63. The number of halogens is 6. The van der Waals surface area contributed by atoms with E-state index in [1.54, 1.807) is 20.8 Å². The van der Waals surface area contributed by atoms with Gasteiger partial charge in [-0.05, 0) is 44.9 Å². The zero-order chi connectivity index (χ0) is 19.9. The van der Waals surface area contributed by atoms with Gasteiger partial charge in [0, 0.05) is 19.0 Å². The van der Waals surface area contributed by atoms with Crippen molar-refractivity contribution in [3.05, 3.63) is 34.9 Å². The Morgan fingerprint density at radius 2 is 1.69 bits per heavy atom. The van der Waals surface area contributed by atoms with Crippen molar-refractivity contribution >= 4 is 6.09 Å². The lowest BCUT2D eigenvalue weighted by Gasteiger charge is -2.25. The zero-order valence-corrected chi connectivity index (χ0v) is 14.5. The van der Waals surface area contributed by atoms with Crippen LogP contribution in [0.1, 0.15) is 49.8 Å². The van der Waals surface area contributed by atoms with Crippen molar-refractivity contribution in [2.24, 2.45) is 0 Å². The third-order valence-corrected chi connectivity index (χ3v) is 3.97. The van der Waals surface area contributed by atoms with Crippen molar-refractivity contribution in [1.29, 1.82) is 0 Å². The highest BCUT2D eigenvalue weighted by Gasteiger charge is 2.41. The number of nitrogens with zero attached hydrogens (tertiary/aromatic N) is 1. The number of rotatable bonds is 1. The third-order valence-electron chi connectivity index (χ3n) is 3.97. The van der Waals surface area contributed by atoms with E-state index in [4.69, 9.17) is 4.74 Å². The Hall–Kier alpha value is -1.93. The minimum absolute atomic E-state index is 0.0383. The number of hydrogen-bond acceptors (Lipinski definition) is 2. The second-order valence-corrected chi connectivity index (χ2v) is 7.21. The minimum atomic E-state index is -4.92. The van der Waals surface area contributed by atoms with Crippen LogP contribution in [0.15, 0.2) is 18.2 Å². The van der Waals surface area contributed by atoms with E-state index in [1.807, 2.05) is 0 Å². The van der Waals surface area contributed by atoms with E-state index < -0.39 is 41.1 Å². The van der Waals surface area contributed by atoms with Crippen LogP contribution in [0.25, 0.3) is 0 Å². The molecule has 0 aromatic heterocycles. The van der Waals surface area contributed by atoms with Crippen LogP contribution in [0.4, 0.5) is 31.1 Å². The van der Waals surface area contributed by atoms with Gasteiger partial charge in [-0.3, -0.25) is 0 Å². The first-order valence-corrected chi connectivity index (χ1v) is 7.95. The highest BCUT2D eigenvalue weighted by Crippen LogP contribution is 2.41. The topological polar surface area (TPSA) is 29.5 Å². The molecule has 0 radical (unpaired) electrons. The monoisotopic (exact) mass is 383 g/mol. The number of hydrogen-bond donors (Lipinski definition) is 0. The summed E-state index contributed by atoms with van der Waals surface area (Å²) in [6.07, 6.45) is -10.2. The van der Waals surface area contributed by atoms with Gasteiger partial charge in [-0.2, -0.15) is 26.3 Å². The molecule has 0 saturated carbocycles. The number of ether oxygens (including phenoxy) is 1. The van der Waals surface area contributed by atoms with E-state index >= 15 is 0 Å². The molecule has 1 heterocycles. The second kappa shape index (κ2) is 6.66. The van der Waals surface area contributed by atoms with E-state index in [0.29, 0.717) is 6.07 Å². The normalized spacial score (nSPS) is 19.0. The van der Waals surface area contributed by atoms with E-state index in [2.05, 4.69) is 0 Å². The van der Waals surface area contributed by atoms with Crippen molar-refractivity contribution < 1.29 is 35.9 Å². The minimum Gasteiger partial charge on any atom is -0.444 e. The van der Waals surface area contributed by atoms with E-state index in [9.17, 15) is 31.1 Å². The molecule has 0 N–H and O–H groups in total. The van der Waals surface area contributed by atoms with Crippen LogP contribution in [0.5, 0.6) is 0 Å². The van der Waals surface area contributed by atoms with Gasteiger partial charge in [0.15, 0.2) is 0 Å². The highest BCUT2D eigenvalue weighted by atomic mass is 19.4. The van der Waals surface area contributed by atoms with Gasteiger partial charge in [-0.1, -0.05) is 6.07 Å². The van der Waals surface area contributed by atoms with E-state index in [0.717, 1.165) is 6.07 Å². The third kappa shape index (κ3) is 4.82. The SMILES string of the molecule is CC(C)(C)OC(=O)N1CCC(c2ccc(C(F)(F)F)cc2C(F)(F)F)C1. The Morgan fingerprint density at radius 1 is 1.08 bits per heavy atom. The number of likely N-dealkylation sites (tertiary alicyclic amines) is 1. The fraction of sp³-hybridized carbons (Fsp3) is 0.588. The molecular formula is C17H19F6NO2. The summed E-state index contributed by atoms with van der Waals surface area (Å²) in [4.78, 5) is 13.3. The van der Waals surface area contributed by atoms with Gasteiger partial charge >= 0.3 is 18.4 Å². The second-order valence-electron chi connectivity index (χ2n) is 7.21. The molecule has 1 aromatic rings. The van der Waals surface area contributed by atoms with Crippen LogP contribution in [0.2, 0.25) is 0 Å². The molecule has 1 aliphatic heterocycles. The average Bonchev–Trinajstić information content (AvgIpc) is 2.92. The Labute approximate surface area is 146 Å². The van der Waals surface area contributed by atoms with Gasteiger partial charge in [-0.25, -0.2) is 4.79 Å². The molecule has 2 rings (SSSR count). The Bertz CT molecular complexity index is 675. The first-order chi connectivity index (χ1) is 11.7. The average molecular weight is 383 g/mol. The lowest BCUT2D eigenvalue weighted by atomic mass is 9.91. The number of amides is 1. The summed E-state index contributed by atoms with van der Waals surface area (Å²) in [5.74, 6) is -0.707. The molecule has 0 aliphatic carbocycles. The lowest BCUT2D eigenvalue weighted by molar-refractivity contribution is -0.143. The number of carbonyl (C=O) groups is 1. The summed E-state index contributed by atoms with van der Waals surface area (Å²) < 4.78 is 83.3. The summed E-state index contributed by atoms with van der Waals surface area (Å²) in [6.45, 7) is 5.13. The maximum absolute atomic E-state index is 13.3. The lowest BCUT2D eigenvalue weighted by Crippen LogP contribution is -2.35. The van der Waals surface area contributed by atoms with Crippen molar-refractivity contribution in [3.8, 4) is 0 Å². The summed E-state index contributed by atoms with van der Waals surface area (Å²) in [7, 11) is 0. The molecule has 9 heteroatoms. The first-order valence-electron chi connectivity index (χ1n) is 7.95. The van der Waals surface area contributed by atoms with Gasteiger partial charge in [0.05, 0.1) is 11.1 Å². The van der Waals surface area contributed by atoms with Crippen LogP contribution in [0.3, 0.4) is 0 Å². The summed E-state index contributed by atoms with van der Waals surface area (Å²) >= 11 is 0. The van der Waals surface area contributed by atoms with Crippen molar-refractivity contribution in [1.82, 2.24) is 4.90 Å². The molecule has 146 valence electrons. The predicted octanol–water partition coefficient (Wildman–Crippen LogP) is 5.45. The maximum atomic E-state index is 13.3. The van der Waals surface area contributed by atoms with Gasteiger partial charge in [-0.15, -0.1) is 0 Å². The maximum Gasteiger partial charge on any atom is 0.416 e. The van der Waals surface area contributed by atoms with E-state index in [1.165, 1.54) is 4.90 Å². The van der Waals surface area contributed by atoms with Gasteiger partial charge in [0.2, 0.25) is 0 Å². The fourth-order valence-corrected chi connectivity index (χ4v) is 2.84. The van der Waals surface area contributed by atoms with Crippen LogP contribution < -0.4 is 0 Å². The molecule has 1 unspecified atom stereocenters. The molecule has 0 bridgehead atoms. The first kappa shape index (κ1) is 20.4. The standard InChI is InChI=1S/C17H19F6NO2/c1-15(2,3)26-14(25)24-7-6-10(9-24)12-5-4-11(16(18,19)20)8-13(12)17(21,22)23/h4-5,8,10H,6-7,9H2,1-3H3. The molecule has 1 fully saturated rings. The van der Waals surface area contributed by atoms with Crippen molar-refractivity contribution in [2.75, 3.05) is 13.1 Å². The van der Waals surface area contributed by atoms with Gasteiger partial charge in [0.1, 0.15) is 5.60 Å². The Balaban J connectivity index is 2.28. The quantitative estimate of drug-likeness (QED) is 0.604. The molecular weight excluding hydrogens is 364 g/mol. The smallest absolute Gasteiger partial charge is 0.416 e. The summed E-state index contributed by atoms with van der Waals surface area (Å²) in [5.41, 5.74) is -3.66. The molecule has 1 aliphatic rings. The molecule has 0 spiro atoms. The Kier molecular flexibility index (Phi) is 5.22. The van der Waals surface area contributed by atoms with Gasteiger partial charge in [0.25, 0.3) is 0 Å². The zero-order valence-electron chi connectivity index (χ0n) is 14.5. The number of carbonyl (C=O) groups excluding carboxylic acids is 1. The van der Waals surface area contributed by atoms with Crippen molar-refractivity contribution in [2.45, 2.75) is 51.1 Å². The molecule has 1 aromatic carbocycles. The van der Waals surface area contributed by atoms with Crippen LogP contribution in [0, 0.1) is 0 Å². The molecule has 1 saturated heterocycles. The van der Waals surface area contributed by atoms with Crippen molar-refractivity contribution in [3.63, 3.8) is 0 Å². The molecule has 26 heavy (non-hydrogen) atoms. The van der Waals surface area contributed by atoms with Crippen LogP contribution in [-0.4, -0.2) is 29.7 Å². The largest absolute Gasteiger partial charge is 0.444 e. The van der Waals surface area contributed by atoms with Crippen LogP contribution >= 0.6 is 0 Å². The van der Waals surface area contributed by atoms with E-state index in [-0.39, 0.29) is 31.1 Å². The summed E-state index contributed by atoms with van der Waals surface area (Å²) in [5, 5.41) is 0. The van der Waals surface area contributed by atoms with Gasteiger partial charge < -0.3 is 9.64 Å². The van der Waals surface area contributed by atoms with Crippen LogP contribution in [-0.2, 0) is 17.1 Å². The molecule has 1 atom stereocenters. The number of alkyl halides is 6. The number of benzene rings is 1. The predicted molar refractivity (Wildman–Crippen MR) is 81.6 cm³/mol. The molecule has 1 amide bonds. The molecule has 3 nitrogen and oxygen atoms in total.